The lowest BCUT2D eigenvalue weighted by atomic mass is 10.2. The minimum atomic E-state index is -0.405. The first-order chi connectivity index (χ1) is 9.58. The molecule has 1 atom stereocenters. The Morgan fingerprint density at radius 3 is 2.70 bits per heavy atom. The molecule has 20 heavy (non-hydrogen) atoms. The minimum absolute atomic E-state index is 0.282. The van der Waals surface area contributed by atoms with Crippen molar-refractivity contribution in [2.75, 3.05) is 26.7 Å². The van der Waals surface area contributed by atoms with Crippen LogP contribution in [0.4, 0.5) is 4.79 Å². The molecule has 1 aromatic rings. The van der Waals surface area contributed by atoms with Gasteiger partial charge in [0.25, 0.3) is 0 Å². The third kappa shape index (κ3) is 7.76. The number of hydrogen-bond acceptors (Lipinski definition) is 4. The number of carbonyl (C=O) groups is 1. The zero-order valence-electron chi connectivity index (χ0n) is 12.2. The van der Waals surface area contributed by atoms with Gasteiger partial charge < -0.3 is 20.1 Å². The van der Waals surface area contributed by atoms with Crippen LogP contribution < -0.4 is 5.32 Å². The van der Waals surface area contributed by atoms with Crippen LogP contribution in [0.3, 0.4) is 0 Å². The summed E-state index contributed by atoms with van der Waals surface area (Å²) < 4.78 is 5.10. The second-order valence-electron chi connectivity index (χ2n) is 4.93. The maximum atomic E-state index is 11.5. The van der Waals surface area contributed by atoms with Crippen molar-refractivity contribution in [3.05, 3.63) is 35.9 Å². The van der Waals surface area contributed by atoms with Crippen LogP contribution in [0.2, 0.25) is 0 Å². The quantitative estimate of drug-likeness (QED) is 0.759. The lowest BCUT2D eigenvalue weighted by Crippen LogP contribution is -2.34. The Labute approximate surface area is 120 Å². The molecule has 112 valence electrons. The standard InChI is InChI=1S/C15H24N2O3/c1-13(18)8-10-17(2)11-9-16-15(19)20-12-14-6-4-3-5-7-14/h3-7,13,18H,8-12H2,1-2H3,(H,16,19). The van der Waals surface area contributed by atoms with Crippen LogP contribution in [0.1, 0.15) is 18.9 Å². The molecule has 1 aromatic carbocycles. The third-order valence-electron chi connectivity index (χ3n) is 2.90. The Hall–Kier alpha value is -1.59. The van der Waals surface area contributed by atoms with Crippen LogP contribution in [-0.4, -0.2) is 48.9 Å². The number of alkyl carbamates (subject to hydrolysis) is 1. The highest BCUT2D eigenvalue weighted by molar-refractivity contribution is 5.67. The van der Waals surface area contributed by atoms with Crippen molar-refractivity contribution in [2.45, 2.75) is 26.1 Å². The topological polar surface area (TPSA) is 61.8 Å². The van der Waals surface area contributed by atoms with Crippen LogP contribution in [0.15, 0.2) is 30.3 Å². The molecule has 1 amide bonds. The van der Waals surface area contributed by atoms with Gasteiger partial charge in [-0.15, -0.1) is 0 Å². The van der Waals surface area contributed by atoms with E-state index >= 15 is 0 Å². The Morgan fingerprint density at radius 2 is 2.05 bits per heavy atom. The van der Waals surface area contributed by atoms with Gasteiger partial charge in [0.2, 0.25) is 0 Å². The van der Waals surface area contributed by atoms with E-state index in [0.29, 0.717) is 6.54 Å². The molecule has 0 aromatic heterocycles. The second kappa shape index (κ2) is 9.34. The SMILES string of the molecule is CC(O)CCN(C)CCNC(=O)OCc1ccccc1. The van der Waals surface area contributed by atoms with Crippen molar-refractivity contribution in [3.8, 4) is 0 Å². The van der Waals surface area contributed by atoms with Crippen molar-refractivity contribution in [3.63, 3.8) is 0 Å². The summed E-state index contributed by atoms with van der Waals surface area (Å²) in [4.78, 5) is 13.5. The number of ether oxygens (including phenoxy) is 1. The largest absolute Gasteiger partial charge is 0.445 e. The normalized spacial score (nSPS) is 12.2. The van der Waals surface area contributed by atoms with E-state index in [9.17, 15) is 9.90 Å². The predicted molar refractivity (Wildman–Crippen MR) is 78.4 cm³/mol. The highest BCUT2D eigenvalue weighted by Gasteiger charge is 2.04. The molecule has 0 bridgehead atoms. The highest BCUT2D eigenvalue weighted by Crippen LogP contribution is 2.00. The maximum Gasteiger partial charge on any atom is 0.407 e. The minimum Gasteiger partial charge on any atom is -0.445 e. The van der Waals surface area contributed by atoms with E-state index in [1.165, 1.54) is 0 Å². The fourth-order valence-electron chi connectivity index (χ4n) is 1.64. The number of likely N-dealkylation sites (N-methyl/N-ethyl adjacent to an activating group) is 1. The Balaban J connectivity index is 2.08. The molecule has 0 aliphatic heterocycles. The molecule has 5 heteroatoms. The first kappa shape index (κ1) is 16.5. The predicted octanol–water partition coefficient (Wildman–Crippen LogP) is 1.62. The van der Waals surface area contributed by atoms with E-state index in [1.807, 2.05) is 37.4 Å². The molecule has 0 saturated carbocycles. The average Bonchev–Trinajstić information content (AvgIpc) is 2.44. The number of rotatable bonds is 8. The molecule has 1 unspecified atom stereocenters. The molecule has 1 rings (SSSR count). The number of aliphatic hydroxyl groups is 1. The number of benzene rings is 1. The molecule has 0 saturated heterocycles. The van der Waals surface area contributed by atoms with Gasteiger partial charge in [0.1, 0.15) is 6.61 Å². The van der Waals surface area contributed by atoms with Crippen LogP contribution in [0, 0.1) is 0 Å². The van der Waals surface area contributed by atoms with E-state index < -0.39 is 6.09 Å². The van der Waals surface area contributed by atoms with Gasteiger partial charge in [-0.25, -0.2) is 4.79 Å². The molecule has 0 radical (unpaired) electrons. The van der Waals surface area contributed by atoms with E-state index in [0.717, 1.165) is 25.1 Å². The van der Waals surface area contributed by atoms with Gasteiger partial charge in [-0.1, -0.05) is 30.3 Å². The van der Waals surface area contributed by atoms with Gasteiger partial charge >= 0.3 is 6.09 Å². The Kier molecular flexibility index (Phi) is 7.69. The molecular formula is C15H24N2O3. The maximum absolute atomic E-state index is 11.5. The molecular weight excluding hydrogens is 256 g/mol. The second-order valence-corrected chi connectivity index (χ2v) is 4.93. The lowest BCUT2D eigenvalue weighted by molar-refractivity contribution is 0.137. The smallest absolute Gasteiger partial charge is 0.407 e. The van der Waals surface area contributed by atoms with Crippen molar-refractivity contribution in [1.82, 2.24) is 10.2 Å². The number of amides is 1. The van der Waals surface area contributed by atoms with Crippen LogP contribution in [0.5, 0.6) is 0 Å². The highest BCUT2D eigenvalue weighted by atomic mass is 16.5. The summed E-state index contributed by atoms with van der Waals surface area (Å²) in [5.41, 5.74) is 0.969. The molecule has 0 aliphatic rings. The number of carbonyl (C=O) groups excluding carboxylic acids is 1. The van der Waals surface area contributed by atoms with E-state index in [2.05, 4.69) is 10.2 Å². The fourth-order valence-corrected chi connectivity index (χ4v) is 1.64. The van der Waals surface area contributed by atoms with Gasteiger partial charge in [0.05, 0.1) is 6.10 Å². The van der Waals surface area contributed by atoms with Crippen LogP contribution >= 0.6 is 0 Å². The van der Waals surface area contributed by atoms with Crippen molar-refractivity contribution < 1.29 is 14.6 Å². The fraction of sp³-hybridized carbons (Fsp3) is 0.533. The van der Waals surface area contributed by atoms with Crippen LogP contribution in [-0.2, 0) is 11.3 Å². The van der Waals surface area contributed by atoms with Crippen molar-refractivity contribution in [2.24, 2.45) is 0 Å². The van der Waals surface area contributed by atoms with Gasteiger partial charge in [0, 0.05) is 19.6 Å². The van der Waals surface area contributed by atoms with Gasteiger partial charge in [0.15, 0.2) is 0 Å². The van der Waals surface area contributed by atoms with Gasteiger partial charge in [-0.05, 0) is 26.0 Å². The molecule has 0 fully saturated rings. The Bertz CT molecular complexity index is 382. The van der Waals surface area contributed by atoms with E-state index in [4.69, 9.17) is 4.74 Å². The lowest BCUT2D eigenvalue weighted by Gasteiger charge is -2.17. The summed E-state index contributed by atoms with van der Waals surface area (Å²) in [6, 6.07) is 9.57. The first-order valence-corrected chi connectivity index (χ1v) is 6.89. The first-order valence-electron chi connectivity index (χ1n) is 6.89. The molecule has 0 aliphatic carbocycles. The summed E-state index contributed by atoms with van der Waals surface area (Å²) in [6.45, 7) is 4.12. The average molecular weight is 280 g/mol. The van der Waals surface area contributed by atoms with Crippen molar-refractivity contribution in [1.29, 1.82) is 0 Å². The molecule has 5 nitrogen and oxygen atoms in total. The summed E-state index contributed by atoms with van der Waals surface area (Å²) >= 11 is 0. The van der Waals surface area contributed by atoms with Crippen LogP contribution in [0.25, 0.3) is 0 Å². The summed E-state index contributed by atoms with van der Waals surface area (Å²) in [6.07, 6.45) is 0.0358. The van der Waals surface area contributed by atoms with E-state index in [1.54, 1.807) is 6.92 Å². The monoisotopic (exact) mass is 280 g/mol. The van der Waals surface area contributed by atoms with Gasteiger partial charge in [-0.3, -0.25) is 0 Å². The molecule has 0 heterocycles. The van der Waals surface area contributed by atoms with Gasteiger partial charge in [-0.2, -0.15) is 0 Å². The summed E-state index contributed by atoms with van der Waals surface area (Å²) in [5, 5.41) is 11.9. The third-order valence-corrected chi connectivity index (χ3v) is 2.90. The summed E-state index contributed by atoms with van der Waals surface area (Å²) in [5.74, 6) is 0. The Morgan fingerprint density at radius 1 is 1.35 bits per heavy atom. The zero-order chi connectivity index (χ0) is 14.8. The number of nitrogens with zero attached hydrogens (tertiary/aromatic N) is 1. The number of hydrogen-bond donors (Lipinski definition) is 2. The molecule has 2 N–H and O–H groups in total. The zero-order valence-corrected chi connectivity index (χ0v) is 12.2. The number of nitrogens with one attached hydrogen (secondary N) is 1. The van der Waals surface area contributed by atoms with E-state index in [-0.39, 0.29) is 12.7 Å². The summed E-state index contributed by atoms with van der Waals surface area (Å²) in [7, 11) is 1.96. The van der Waals surface area contributed by atoms with Crippen molar-refractivity contribution >= 4 is 6.09 Å². The molecule has 0 spiro atoms. The number of aliphatic hydroxyl groups excluding tert-OH is 1.